The third-order valence-electron chi connectivity index (χ3n) is 3.69. The molecule has 1 atom stereocenters. The van der Waals surface area contributed by atoms with E-state index in [4.69, 9.17) is 16.3 Å². The van der Waals surface area contributed by atoms with Crippen LogP contribution in [-0.2, 0) is 4.79 Å². The van der Waals surface area contributed by atoms with Gasteiger partial charge in [0.2, 0.25) is 5.91 Å². The van der Waals surface area contributed by atoms with Crippen molar-refractivity contribution in [2.45, 2.75) is 33.2 Å². The number of halogens is 3. The number of nitrogens with zero attached hydrogens (tertiary/aromatic N) is 1. The van der Waals surface area contributed by atoms with Crippen molar-refractivity contribution in [3.8, 4) is 5.75 Å². The van der Waals surface area contributed by atoms with Crippen LogP contribution in [0.15, 0.2) is 30.3 Å². The highest BCUT2D eigenvalue weighted by molar-refractivity contribution is 6.32. The normalized spacial score (nSPS) is 11.8. The van der Waals surface area contributed by atoms with E-state index >= 15 is 0 Å². The van der Waals surface area contributed by atoms with Gasteiger partial charge in [-0.1, -0.05) is 17.7 Å². The molecule has 1 heterocycles. The Morgan fingerprint density at radius 3 is 2.57 bits per heavy atom. The van der Waals surface area contributed by atoms with E-state index in [0.717, 1.165) is 0 Å². The SMILES string of the molecule is CC(=O)Nc1cc(C(=O)NC(C)c2ccc(OCC(F)F)c(Cl)c2)cc(C)n1. The maximum Gasteiger partial charge on any atom is 0.272 e. The first kappa shape index (κ1) is 21.6. The quantitative estimate of drug-likeness (QED) is 0.717. The van der Waals surface area contributed by atoms with E-state index in [9.17, 15) is 18.4 Å². The number of amides is 2. The van der Waals surface area contributed by atoms with Gasteiger partial charge in [-0.15, -0.1) is 0 Å². The van der Waals surface area contributed by atoms with E-state index in [0.29, 0.717) is 16.8 Å². The van der Waals surface area contributed by atoms with Crippen LogP contribution in [0.5, 0.6) is 5.75 Å². The van der Waals surface area contributed by atoms with E-state index < -0.39 is 19.1 Å². The highest BCUT2D eigenvalue weighted by Crippen LogP contribution is 2.28. The number of carbonyl (C=O) groups excluding carboxylic acids is 2. The van der Waals surface area contributed by atoms with Crippen LogP contribution in [-0.4, -0.2) is 29.8 Å². The van der Waals surface area contributed by atoms with Gasteiger partial charge in [0, 0.05) is 18.2 Å². The van der Waals surface area contributed by atoms with Crippen LogP contribution in [0.3, 0.4) is 0 Å². The summed E-state index contributed by atoms with van der Waals surface area (Å²) in [5, 5.41) is 5.54. The predicted octanol–water partition coefficient (Wildman–Crippen LogP) is 4.14. The number of pyridine rings is 1. The van der Waals surface area contributed by atoms with Crippen molar-refractivity contribution in [1.29, 1.82) is 0 Å². The molecule has 2 N–H and O–H groups in total. The first-order chi connectivity index (χ1) is 13.2. The Morgan fingerprint density at radius 1 is 1.25 bits per heavy atom. The molecular weight excluding hydrogens is 392 g/mol. The highest BCUT2D eigenvalue weighted by Gasteiger charge is 2.15. The number of ether oxygens (including phenoxy) is 1. The zero-order chi connectivity index (χ0) is 20.8. The lowest BCUT2D eigenvalue weighted by atomic mass is 10.1. The van der Waals surface area contributed by atoms with Crippen molar-refractivity contribution >= 4 is 29.2 Å². The molecule has 2 amide bonds. The predicted molar refractivity (Wildman–Crippen MR) is 102 cm³/mol. The second-order valence-corrected chi connectivity index (χ2v) is 6.56. The first-order valence-corrected chi connectivity index (χ1v) is 8.81. The fourth-order valence-corrected chi connectivity index (χ4v) is 2.71. The molecule has 2 aromatic rings. The first-order valence-electron chi connectivity index (χ1n) is 8.43. The smallest absolute Gasteiger partial charge is 0.272 e. The fraction of sp³-hybridized carbons (Fsp3) is 0.316. The second-order valence-electron chi connectivity index (χ2n) is 6.15. The van der Waals surface area contributed by atoms with E-state index in [1.54, 1.807) is 32.0 Å². The van der Waals surface area contributed by atoms with E-state index in [1.165, 1.54) is 19.1 Å². The van der Waals surface area contributed by atoms with Crippen LogP contribution in [0.2, 0.25) is 5.02 Å². The van der Waals surface area contributed by atoms with Crippen molar-refractivity contribution in [2.75, 3.05) is 11.9 Å². The zero-order valence-corrected chi connectivity index (χ0v) is 16.3. The van der Waals surface area contributed by atoms with Gasteiger partial charge in [0.15, 0.2) is 0 Å². The summed E-state index contributed by atoms with van der Waals surface area (Å²) in [6, 6.07) is 7.33. The molecule has 150 valence electrons. The minimum absolute atomic E-state index is 0.147. The summed E-state index contributed by atoms with van der Waals surface area (Å²) in [7, 11) is 0. The zero-order valence-electron chi connectivity index (χ0n) is 15.6. The molecule has 2 rings (SSSR count). The lowest BCUT2D eigenvalue weighted by molar-refractivity contribution is -0.114. The van der Waals surface area contributed by atoms with Gasteiger partial charge >= 0.3 is 0 Å². The standard InChI is InChI=1S/C19H20ClF2N3O3/c1-10-6-14(8-18(23-10)25-12(3)26)19(27)24-11(2)13-4-5-16(15(20)7-13)28-9-17(21)22/h4-8,11,17H,9H2,1-3H3,(H,24,27)(H,23,25,26). The molecule has 0 saturated heterocycles. The van der Waals surface area contributed by atoms with Gasteiger partial charge in [-0.3, -0.25) is 9.59 Å². The number of nitrogens with one attached hydrogen (secondary N) is 2. The molecule has 0 bridgehead atoms. The van der Waals surface area contributed by atoms with Gasteiger partial charge < -0.3 is 15.4 Å². The lowest BCUT2D eigenvalue weighted by Crippen LogP contribution is -2.27. The molecule has 0 spiro atoms. The molecule has 1 aromatic heterocycles. The summed E-state index contributed by atoms with van der Waals surface area (Å²) >= 11 is 6.07. The Balaban J connectivity index is 2.11. The van der Waals surface area contributed by atoms with Crippen LogP contribution in [0.25, 0.3) is 0 Å². The van der Waals surface area contributed by atoms with Crippen molar-refractivity contribution in [3.63, 3.8) is 0 Å². The van der Waals surface area contributed by atoms with Crippen LogP contribution in [0, 0.1) is 6.92 Å². The summed E-state index contributed by atoms with van der Waals surface area (Å²) in [6.45, 7) is 4.07. The number of carbonyl (C=O) groups is 2. The lowest BCUT2D eigenvalue weighted by Gasteiger charge is -2.16. The number of aryl methyl sites for hydroxylation is 1. The molecule has 0 radical (unpaired) electrons. The molecule has 6 nitrogen and oxygen atoms in total. The average Bonchev–Trinajstić information content (AvgIpc) is 2.59. The summed E-state index contributed by atoms with van der Waals surface area (Å²) in [5.41, 5.74) is 1.59. The van der Waals surface area contributed by atoms with Gasteiger partial charge in [0.05, 0.1) is 11.1 Å². The topological polar surface area (TPSA) is 80.3 Å². The summed E-state index contributed by atoms with van der Waals surface area (Å²) in [5.74, 6) is -0.219. The summed E-state index contributed by atoms with van der Waals surface area (Å²) in [4.78, 5) is 27.9. The maximum absolute atomic E-state index is 12.6. The molecule has 0 aliphatic carbocycles. The van der Waals surface area contributed by atoms with Crippen LogP contribution in [0.4, 0.5) is 14.6 Å². The van der Waals surface area contributed by atoms with E-state index in [2.05, 4.69) is 15.6 Å². The number of hydrogen-bond acceptors (Lipinski definition) is 4. The molecule has 1 unspecified atom stereocenters. The minimum Gasteiger partial charge on any atom is -0.486 e. The minimum atomic E-state index is -2.60. The Hall–Kier alpha value is -2.74. The Bertz CT molecular complexity index is 877. The number of alkyl halides is 2. The largest absolute Gasteiger partial charge is 0.486 e. The van der Waals surface area contributed by atoms with Gasteiger partial charge in [-0.05, 0) is 43.7 Å². The monoisotopic (exact) mass is 411 g/mol. The van der Waals surface area contributed by atoms with Crippen molar-refractivity contribution in [3.05, 3.63) is 52.2 Å². The second kappa shape index (κ2) is 9.45. The van der Waals surface area contributed by atoms with E-state index in [1.807, 2.05) is 0 Å². The summed E-state index contributed by atoms with van der Waals surface area (Å²) in [6.07, 6.45) is -2.60. The third kappa shape index (κ3) is 6.16. The highest BCUT2D eigenvalue weighted by atomic mass is 35.5. The number of hydrogen-bond donors (Lipinski definition) is 2. The number of benzene rings is 1. The molecule has 0 aliphatic rings. The fourth-order valence-electron chi connectivity index (χ4n) is 2.46. The molecule has 9 heteroatoms. The third-order valence-corrected chi connectivity index (χ3v) is 3.98. The average molecular weight is 412 g/mol. The van der Waals surface area contributed by atoms with Crippen LogP contribution >= 0.6 is 11.6 Å². The molecule has 0 saturated carbocycles. The number of anilines is 1. The van der Waals surface area contributed by atoms with Crippen LogP contribution in [0.1, 0.15) is 41.5 Å². The van der Waals surface area contributed by atoms with Crippen molar-refractivity contribution in [1.82, 2.24) is 10.3 Å². The van der Waals surface area contributed by atoms with Crippen LogP contribution < -0.4 is 15.4 Å². The summed E-state index contributed by atoms with van der Waals surface area (Å²) < 4.78 is 29.4. The Labute approximate surface area is 166 Å². The van der Waals surface area contributed by atoms with Gasteiger partial charge in [0.25, 0.3) is 12.3 Å². The Morgan fingerprint density at radius 2 is 1.96 bits per heavy atom. The van der Waals surface area contributed by atoms with Gasteiger partial charge in [-0.25, -0.2) is 13.8 Å². The van der Waals surface area contributed by atoms with Crippen molar-refractivity contribution in [2.24, 2.45) is 0 Å². The van der Waals surface area contributed by atoms with Gasteiger partial charge in [-0.2, -0.15) is 0 Å². The molecule has 1 aromatic carbocycles. The Kier molecular flexibility index (Phi) is 7.28. The van der Waals surface area contributed by atoms with E-state index in [-0.39, 0.29) is 28.4 Å². The number of aromatic nitrogens is 1. The molecule has 0 aliphatic heterocycles. The number of rotatable bonds is 7. The van der Waals surface area contributed by atoms with Gasteiger partial charge in [0.1, 0.15) is 18.2 Å². The maximum atomic E-state index is 12.6. The molecular formula is C19H20ClF2N3O3. The molecule has 0 fully saturated rings. The van der Waals surface area contributed by atoms with Crippen molar-refractivity contribution < 1.29 is 23.1 Å². The molecule has 28 heavy (non-hydrogen) atoms.